The SMILES string of the molecule is [2H]C(=O)C1=C(N=[N+]=[N-])C(N2C(=O)c3ccccc3C2=O)CC1. The summed E-state index contributed by atoms with van der Waals surface area (Å²) in [6.07, 6.45) is -0.476. The number of rotatable bonds is 3. The molecule has 1 aliphatic heterocycles. The van der Waals surface area contributed by atoms with Gasteiger partial charge in [-0.25, -0.2) is 0 Å². The molecule has 104 valence electrons. The van der Waals surface area contributed by atoms with Gasteiger partial charge in [-0.05, 0) is 36.1 Å². The van der Waals surface area contributed by atoms with Crippen molar-refractivity contribution < 1.29 is 15.8 Å². The molecular formula is C14H10N4O3. The van der Waals surface area contributed by atoms with Crippen LogP contribution in [0.1, 0.15) is 34.9 Å². The maximum absolute atomic E-state index is 12.4. The van der Waals surface area contributed by atoms with E-state index < -0.39 is 24.1 Å². The molecule has 2 amide bonds. The van der Waals surface area contributed by atoms with E-state index in [9.17, 15) is 14.4 Å². The number of benzene rings is 1. The monoisotopic (exact) mass is 283 g/mol. The Balaban J connectivity index is 2.06. The van der Waals surface area contributed by atoms with Crippen LogP contribution < -0.4 is 0 Å². The van der Waals surface area contributed by atoms with Crippen molar-refractivity contribution in [2.24, 2.45) is 5.11 Å². The topological polar surface area (TPSA) is 103 Å². The molecule has 0 spiro atoms. The van der Waals surface area contributed by atoms with Gasteiger partial charge < -0.3 is 0 Å². The molecule has 0 bridgehead atoms. The number of nitrogens with zero attached hydrogens (tertiary/aromatic N) is 4. The standard InChI is InChI=1S/C14H10N4O3/c15-17-16-12-8(7-19)5-6-11(12)18-13(20)9-3-1-2-4-10(9)14(18)21/h1-4,7,11H,5-6H2/i7D. The minimum absolute atomic E-state index is 0.00277. The summed E-state index contributed by atoms with van der Waals surface area (Å²) in [4.78, 5) is 39.9. The number of carbonyl (C=O) groups is 3. The van der Waals surface area contributed by atoms with Crippen LogP contribution in [0, 0.1) is 0 Å². The predicted molar refractivity (Wildman–Crippen MR) is 72.2 cm³/mol. The average molecular weight is 283 g/mol. The summed E-state index contributed by atoms with van der Waals surface area (Å²) in [5.74, 6) is -0.954. The largest absolute Gasteiger partial charge is 0.298 e. The van der Waals surface area contributed by atoms with Gasteiger partial charge in [-0.2, -0.15) is 0 Å². The van der Waals surface area contributed by atoms with E-state index in [0.29, 0.717) is 11.1 Å². The minimum atomic E-state index is -0.957. The number of amides is 2. The van der Waals surface area contributed by atoms with Crippen molar-refractivity contribution in [1.82, 2.24) is 4.90 Å². The number of azide groups is 1. The summed E-state index contributed by atoms with van der Waals surface area (Å²) in [7, 11) is 0. The molecule has 1 aromatic rings. The number of hydrogen-bond acceptors (Lipinski definition) is 4. The first kappa shape index (κ1) is 11.9. The average Bonchev–Trinajstić information content (AvgIpc) is 3.01. The maximum Gasteiger partial charge on any atom is 0.262 e. The second kappa shape index (κ2) is 4.88. The Kier molecular flexibility index (Phi) is 2.76. The highest BCUT2D eigenvalue weighted by Crippen LogP contribution is 2.35. The second-order valence-electron chi connectivity index (χ2n) is 4.74. The third kappa shape index (κ3) is 1.83. The normalized spacial score (nSPS) is 21.2. The van der Waals surface area contributed by atoms with Gasteiger partial charge >= 0.3 is 0 Å². The highest BCUT2D eigenvalue weighted by molar-refractivity contribution is 6.21. The summed E-state index contributed by atoms with van der Waals surface area (Å²) >= 11 is 0. The molecule has 1 heterocycles. The first-order valence-corrected chi connectivity index (χ1v) is 6.32. The molecule has 1 atom stereocenters. The Morgan fingerprint density at radius 2 is 1.95 bits per heavy atom. The molecule has 1 aliphatic carbocycles. The lowest BCUT2D eigenvalue weighted by Gasteiger charge is -2.22. The van der Waals surface area contributed by atoms with E-state index in [4.69, 9.17) is 6.90 Å². The minimum Gasteiger partial charge on any atom is -0.298 e. The lowest BCUT2D eigenvalue weighted by Crippen LogP contribution is -2.39. The van der Waals surface area contributed by atoms with Crippen LogP contribution in [0.2, 0.25) is 0 Å². The molecule has 7 nitrogen and oxygen atoms in total. The van der Waals surface area contributed by atoms with Gasteiger partial charge in [0.2, 0.25) is 0 Å². The van der Waals surface area contributed by atoms with Crippen molar-refractivity contribution in [1.29, 1.82) is 0 Å². The van der Waals surface area contributed by atoms with Gasteiger partial charge in [0.15, 0.2) is 0 Å². The van der Waals surface area contributed by atoms with Crippen LogP contribution in [-0.4, -0.2) is 29.0 Å². The highest BCUT2D eigenvalue weighted by atomic mass is 16.2. The third-order valence-electron chi connectivity index (χ3n) is 3.71. The highest BCUT2D eigenvalue weighted by Gasteiger charge is 2.43. The molecule has 1 aromatic carbocycles. The molecule has 0 saturated heterocycles. The second-order valence-corrected chi connectivity index (χ2v) is 4.74. The Labute approximate surface area is 120 Å². The van der Waals surface area contributed by atoms with Crippen molar-refractivity contribution in [3.8, 4) is 0 Å². The van der Waals surface area contributed by atoms with Crippen molar-refractivity contribution in [2.45, 2.75) is 18.9 Å². The van der Waals surface area contributed by atoms with E-state index in [1.165, 1.54) is 0 Å². The van der Waals surface area contributed by atoms with Gasteiger partial charge in [0.05, 0.1) is 17.2 Å². The number of hydrogen-bond donors (Lipinski definition) is 0. The number of fused-ring (bicyclic) bond motifs is 1. The molecule has 0 fully saturated rings. The summed E-state index contributed by atoms with van der Waals surface area (Å²) < 4.78 is 7.21. The van der Waals surface area contributed by atoms with E-state index >= 15 is 0 Å². The van der Waals surface area contributed by atoms with Gasteiger partial charge in [-0.1, -0.05) is 17.2 Å². The lowest BCUT2D eigenvalue weighted by atomic mass is 10.1. The summed E-state index contributed by atoms with van der Waals surface area (Å²) in [5.41, 5.74) is 9.29. The quantitative estimate of drug-likeness (QED) is 0.279. The molecular weight excluding hydrogens is 272 g/mol. The molecule has 7 heteroatoms. The van der Waals surface area contributed by atoms with E-state index in [2.05, 4.69) is 10.0 Å². The van der Waals surface area contributed by atoms with Crippen molar-refractivity contribution >= 4 is 18.1 Å². The zero-order chi connectivity index (χ0) is 15.9. The molecule has 21 heavy (non-hydrogen) atoms. The van der Waals surface area contributed by atoms with E-state index in [0.717, 1.165) is 4.90 Å². The lowest BCUT2D eigenvalue weighted by molar-refractivity contribution is -0.105. The molecule has 3 rings (SSSR count). The molecule has 1 unspecified atom stereocenters. The van der Waals surface area contributed by atoms with Gasteiger partial charge in [0.25, 0.3) is 11.8 Å². The van der Waals surface area contributed by atoms with Crippen LogP contribution in [-0.2, 0) is 4.79 Å². The molecule has 0 aromatic heterocycles. The number of allylic oxidation sites excluding steroid dienone is 1. The smallest absolute Gasteiger partial charge is 0.262 e. The molecule has 2 aliphatic rings. The fraction of sp³-hybridized carbons (Fsp3) is 0.214. The van der Waals surface area contributed by atoms with Crippen LogP contribution in [0.4, 0.5) is 0 Å². The Morgan fingerprint density at radius 3 is 2.48 bits per heavy atom. The van der Waals surface area contributed by atoms with E-state index in [-0.39, 0.29) is 24.1 Å². The Bertz CT molecular complexity index is 760. The molecule has 0 saturated carbocycles. The molecule has 0 radical (unpaired) electrons. The zero-order valence-corrected chi connectivity index (χ0v) is 10.8. The van der Waals surface area contributed by atoms with Crippen LogP contribution >= 0.6 is 0 Å². The van der Waals surface area contributed by atoms with Gasteiger partial charge in [0.1, 0.15) is 7.63 Å². The summed E-state index contributed by atoms with van der Waals surface area (Å²) in [6.45, 7) is 0. The van der Waals surface area contributed by atoms with Crippen LogP contribution in [0.25, 0.3) is 10.4 Å². The maximum atomic E-state index is 12.4. The van der Waals surface area contributed by atoms with Gasteiger partial charge in [0, 0.05) is 10.6 Å². The van der Waals surface area contributed by atoms with Crippen LogP contribution in [0.15, 0.2) is 40.6 Å². The summed E-state index contributed by atoms with van der Waals surface area (Å²) in [5, 5.41) is 3.46. The van der Waals surface area contributed by atoms with E-state index in [1.54, 1.807) is 24.3 Å². The Hall–Kier alpha value is -2.92. The predicted octanol–water partition coefficient (Wildman–Crippen LogP) is 2.21. The summed E-state index contributed by atoms with van der Waals surface area (Å²) in [6, 6.07) is 5.62. The van der Waals surface area contributed by atoms with Crippen molar-refractivity contribution in [2.75, 3.05) is 0 Å². The first-order valence-electron chi connectivity index (χ1n) is 6.82. The third-order valence-corrected chi connectivity index (χ3v) is 3.71. The van der Waals surface area contributed by atoms with Crippen LogP contribution in [0.3, 0.4) is 0 Å². The van der Waals surface area contributed by atoms with Crippen molar-refractivity contribution in [3.63, 3.8) is 0 Å². The molecule has 0 N–H and O–H groups in total. The van der Waals surface area contributed by atoms with Crippen LogP contribution in [0.5, 0.6) is 0 Å². The zero-order valence-electron chi connectivity index (χ0n) is 11.8. The van der Waals surface area contributed by atoms with Gasteiger partial charge in [-0.3, -0.25) is 19.3 Å². The van der Waals surface area contributed by atoms with Crippen molar-refractivity contribution in [3.05, 3.63) is 57.1 Å². The van der Waals surface area contributed by atoms with E-state index in [1.807, 2.05) is 0 Å². The first-order chi connectivity index (χ1) is 10.6. The van der Waals surface area contributed by atoms with Gasteiger partial charge in [-0.15, -0.1) is 0 Å². The Morgan fingerprint density at radius 1 is 1.33 bits per heavy atom. The number of aldehydes is 1. The number of imide groups is 1. The fourth-order valence-corrected chi connectivity index (χ4v) is 2.77. The fourth-order valence-electron chi connectivity index (χ4n) is 2.77. The number of carbonyl (C=O) groups excluding carboxylic acids is 3.